The minimum atomic E-state index is -3.20. The van der Waals surface area contributed by atoms with E-state index in [4.69, 9.17) is 0 Å². The molecule has 1 heterocycles. The van der Waals surface area contributed by atoms with Crippen LogP contribution in [0.25, 0.3) is 0 Å². The molecule has 4 rings (SSSR count). The second kappa shape index (κ2) is 6.72. The number of halogens is 2. The summed E-state index contributed by atoms with van der Waals surface area (Å²) in [5, 5.41) is 2.88. The van der Waals surface area contributed by atoms with Crippen LogP contribution in [-0.2, 0) is 16.3 Å². The van der Waals surface area contributed by atoms with Crippen LogP contribution in [0.5, 0.6) is 0 Å². The fourth-order valence-electron chi connectivity index (χ4n) is 4.61. The largest absolute Gasteiger partial charge is 0.331 e. The van der Waals surface area contributed by atoms with Gasteiger partial charge in [0.25, 0.3) is 0 Å². The molecular weight excluding hydrogens is 374 g/mol. The number of rotatable bonds is 1. The van der Waals surface area contributed by atoms with Gasteiger partial charge in [-0.3, -0.25) is 0 Å². The first kappa shape index (κ1) is 18.7. The van der Waals surface area contributed by atoms with Gasteiger partial charge in [0.15, 0.2) is 9.84 Å². The van der Waals surface area contributed by atoms with Gasteiger partial charge >= 0.3 is 6.03 Å². The molecular formula is C19H24F2N2O3S. The molecule has 2 amide bonds. The molecule has 1 N–H and O–H groups in total. The first-order valence-corrected chi connectivity index (χ1v) is 11.2. The smallest absolute Gasteiger partial charge is 0.317 e. The van der Waals surface area contributed by atoms with E-state index >= 15 is 0 Å². The van der Waals surface area contributed by atoms with Crippen molar-refractivity contribution in [2.75, 3.05) is 18.8 Å². The SMILES string of the molecule is O=C(N[C@@H]1CCCc2c(F)cc(F)cc21)N1CCC2(CCC2)S(=O)(=O)CC1. The molecule has 2 aliphatic carbocycles. The zero-order valence-electron chi connectivity index (χ0n) is 15.1. The second-order valence-electron chi connectivity index (χ2n) is 7.94. The summed E-state index contributed by atoms with van der Waals surface area (Å²) in [5.74, 6) is -1.25. The average Bonchev–Trinajstić information content (AvgIpc) is 2.71. The van der Waals surface area contributed by atoms with Crippen LogP contribution < -0.4 is 5.32 Å². The maximum Gasteiger partial charge on any atom is 0.317 e. The van der Waals surface area contributed by atoms with Crippen LogP contribution in [0.4, 0.5) is 13.6 Å². The molecule has 1 aliphatic heterocycles. The van der Waals surface area contributed by atoms with Gasteiger partial charge in [-0.15, -0.1) is 0 Å². The Morgan fingerprint density at radius 1 is 1.15 bits per heavy atom. The van der Waals surface area contributed by atoms with E-state index in [-0.39, 0.29) is 18.3 Å². The Morgan fingerprint density at radius 2 is 1.93 bits per heavy atom. The van der Waals surface area contributed by atoms with Crippen LogP contribution >= 0.6 is 0 Å². The van der Waals surface area contributed by atoms with Crippen LogP contribution in [0.2, 0.25) is 0 Å². The van der Waals surface area contributed by atoms with Gasteiger partial charge in [-0.2, -0.15) is 0 Å². The second-order valence-corrected chi connectivity index (χ2v) is 10.4. The summed E-state index contributed by atoms with van der Waals surface area (Å²) in [4.78, 5) is 14.3. The molecule has 1 atom stereocenters. The van der Waals surface area contributed by atoms with Gasteiger partial charge < -0.3 is 10.2 Å². The van der Waals surface area contributed by atoms with Gasteiger partial charge in [0.1, 0.15) is 11.6 Å². The number of hydrogen-bond acceptors (Lipinski definition) is 3. The summed E-state index contributed by atoms with van der Waals surface area (Å²) < 4.78 is 52.2. The van der Waals surface area contributed by atoms with Crippen molar-refractivity contribution in [2.24, 2.45) is 0 Å². The third kappa shape index (κ3) is 3.22. The van der Waals surface area contributed by atoms with Crippen LogP contribution in [-0.4, -0.2) is 42.9 Å². The zero-order chi connectivity index (χ0) is 19.2. The lowest BCUT2D eigenvalue weighted by Gasteiger charge is -2.40. The molecule has 2 fully saturated rings. The Kier molecular flexibility index (Phi) is 4.64. The molecule has 5 nitrogen and oxygen atoms in total. The average molecular weight is 398 g/mol. The number of amides is 2. The number of hydrogen-bond donors (Lipinski definition) is 1. The topological polar surface area (TPSA) is 66.5 Å². The van der Waals surface area contributed by atoms with E-state index in [9.17, 15) is 22.0 Å². The Hall–Kier alpha value is -1.70. The van der Waals surface area contributed by atoms with Gasteiger partial charge in [0, 0.05) is 19.2 Å². The zero-order valence-corrected chi connectivity index (χ0v) is 16.0. The summed E-state index contributed by atoms with van der Waals surface area (Å²) in [5.41, 5.74) is 0.949. The molecule has 0 bridgehead atoms. The summed E-state index contributed by atoms with van der Waals surface area (Å²) >= 11 is 0. The molecule has 1 aromatic rings. The van der Waals surface area contributed by atoms with Gasteiger partial charge in [-0.1, -0.05) is 6.42 Å². The number of benzene rings is 1. The Morgan fingerprint density at radius 3 is 2.63 bits per heavy atom. The summed E-state index contributed by atoms with van der Waals surface area (Å²) in [7, 11) is -3.20. The third-order valence-corrected chi connectivity index (χ3v) is 9.12. The lowest BCUT2D eigenvalue weighted by atomic mass is 9.81. The van der Waals surface area contributed by atoms with Crippen molar-refractivity contribution in [2.45, 2.75) is 55.7 Å². The van der Waals surface area contributed by atoms with Crippen molar-refractivity contribution in [1.29, 1.82) is 0 Å². The summed E-state index contributed by atoms with van der Waals surface area (Å²) in [6.45, 7) is 0.551. The van der Waals surface area contributed by atoms with Gasteiger partial charge in [0.05, 0.1) is 16.5 Å². The first-order valence-electron chi connectivity index (χ1n) is 9.57. The van der Waals surface area contributed by atoms with Crippen molar-refractivity contribution in [1.82, 2.24) is 10.2 Å². The van der Waals surface area contributed by atoms with Crippen molar-refractivity contribution >= 4 is 15.9 Å². The minimum Gasteiger partial charge on any atom is -0.331 e. The molecule has 1 saturated heterocycles. The molecule has 1 aromatic carbocycles. The molecule has 0 aromatic heterocycles. The number of sulfone groups is 1. The number of fused-ring (bicyclic) bond motifs is 1. The first-order chi connectivity index (χ1) is 12.8. The minimum absolute atomic E-state index is 0.0229. The highest BCUT2D eigenvalue weighted by Crippen LogP contribution is 2.44. The Labute approximate surface area is 158 Å². The predicted molar refractivity (Wildman–Crippen MR) is 97.1 cm³/mol. The molecule has 3 aliphatic rings. The molecule has 8 heteroatoms. The predicted octanol–water partition coefficient (Wildman–Crippen LogP) is 3.10. The van der Waals surface area contributed by atoms with Crippen molar-refractivity contribution in [3.8, 4) is 0 Å². The number of urea groups is 1. The Balaban J connectivity index is 1.49. The fraction of sp³-hybridized carbons (Fsp3) is 0.632. The van der Waals surface area contributed by atoms with E-state index in [2.05, 4.69) is 5.32 Å². The lowest BCUT2D eigenvalue weighted by molar-refractivity contribution is 0.190. The standard InChI is InChI=1S/C19H24F2N2O3S/c20-13-11-15-14(16(21)12-13)3-1-4-17(15)22-18(24)23-8-7-19(5-2-6-19)27(25,26)10-9-23/h11-12,17H,1-10H2,(H,22,24)/t17-/m1/s1. The van der Waals surface area contributed by atoms with Gasteiger partial charge in [0.2, 0.25) is 0 Å². The molecule has 0 radical (unpaired) electrons. The van der Waals surface area contributed by atoms with Crippen LogP contribution in [0.3, 0.4) is 0 Å². The lowest BCUT2D eigenvalue weighted by Crippen LogP contribution is -2.46. The molecule has 0 unspecified atom stereocenters. The van der Waals surface area contributed by atoms with Crippen LogP contribution in [0, 0.1) is 11.6 Å². The monoisotopic (exact) mass is 398 g/mol. The van der Waals surface area contributed by atoms with Crippen LogP contribution in [0.15, 0.2) is 12.1 Å². The molecule has 148 valence electrons. The molecule has 1 spiro atoms. The number of nitrogens with one attached hydrogen (secondary N) is 1. The van der Waals surface area contributed by atoms with E-state index in [0.29, 0.717) is 56.2 Å². The molecule has 27 heavy (non-hydrogen) atoms. The van der Waals surface area contributed by atoms with E-state index in [1.54, 1.807) is 0 Å². The van der Waals surface area contributed by atoms with E-state index in [1.807, 2.05) is 0 Å². The number of nitrogens with zero attached hydrogens (tertiary/aromatic N) is 1. The van der Waals surface area contributed by atoms with Gasteiger partial charge in [-0.05, 0) is 55.7 Å². The fourth-order valence-corrected chi connectivity index (χ4v) is 6.82. The summed E-state index contributed by atoms with van der Waals surface area (Å²) in [6, 6.07) is 1.35. The normalized spacial score (nSPS) is 26.0. The highest BCUT2D eigenvalue weighted by Gasteiger charge is 2.50. The summed E-state index contributed by atoms with van der Waals surface area (Å²) in [6.07, 6.45) is 4.58. The highest BCUT2D eigenvalue weighted by atomic mass is 32.2. The third-order valence-electron chi connectivity index (χ3n) is 6.47. The Bertz CT molecular complexity index is 868. The van der Waals surface area contributed by atoms with E-state index in [0.717, 1.165) is 12.5 Å². The van der Waals surface area contributed by atoms with Crippen molar-refractivity contribution in [3.63, 3.8) is 0 Å². The maximum atomic E-state index is 14.0. The quantitative estimate of drug-likeness (QED) is 0.791. The van der Waals surface area contributed by atoms with Crippen LogP contribution in [0.1, 0.15) is 55.7 Å². The maximum absolute atomic E-state index is 14.0. The molecule has 1 saturated carbocycles. The van der Waals surface area contributed by atoms with E-state index in [1.165, 1.54) is 11.0 Å². The van der Waals surface area contributed by atoms with Gasteiger partial charge in [-0.25, -0.2) is 22.0 Å². The van der Waals surface area contributed by atoms with Crippen molar-refractivity contribution in [3.05, 3.63) is 34.9 Å². The highest BCUT2D eigenvalue weighted by molar-refractivity contribution is 7.92. The number of carbonyl (C=O) groups excluding carboxylic acids is 1. The van der Waals surface area contributed by atoms with Crippen molar-refractivity contribution < 1.29 is 22.0 Å². The van der Waals surface area contributed by atoms with E-state index < -0.39 is 32.3 Å². The number of carbonyl (C=O) groups is 1.